The molecule has 10 heteroatoms. The Morgan fingerprint density at radius 1 is 0.604 bits per heavy atom. The molecule has 0 atom stereocenters. The number of benzene rings is 4. The Balaban J connectivity index is 1.32. The summed E-state index contributed by atoms with van der Waals surface area (Å²) in [4.78, 5) is 26.3. The molecule has 0 aliphatic heterocycles. The van der Waals surface area contributed by atoms with Crippen molar-refractivity contribution in [3.8, 4) is 0 Å². The Labute approximate surface area is 287 Å². The predicted octanol–water partition coefficient (Wildman–Crippen LogP) is 9.70. The Bertz CT molecular complexity index is 2070. The summed E-state index contributed by atoms with van der Waals surface area (Å²) in [5, 5.41) is 17.7. The van der Waals surface area contributed by atoms with Gasteiger partial charge < -0.3 is 19.5 Å². The number of hydrogen-bond donors (Lipinski definition) is 2. The van der Waals surface area contributed by atoms with Crippen LogP contribution in [0.2, 0.25) is 10.0 Å². The standard InChI is InChI=1S/C38H32Cl2N4O4/c1-21-5-15-29-31(19-35(45)41-27-11-7-25(39)8-12-27)37(47-33(29)17-21)23(3)43-44-24(4)38-32(30-16-6-22(2)18-34(30)48-38)20-36(46)42-28-13-9-26(40)10-14-28/h5-18H,19-20H2,1-4H3,(H,41,45)(H,42,46)/b43-23-,44-24+. The van der Waals surface area contributed by atoms with E-state index in [0.717, 1.165) is 21.9 Å². The first-order chi connectivity index (χ1) is 23.0. The average molecular weight is 680 g/mol. The van der Waals surface area contributed by atoms with Gasteiger partial charge in [0.25, 0.3) is 0 Å². The van der Waals surface area contributed by atoms with Crippen molar-refractivity contribution in [3.63, 3.8) is 0 Å². The Hall–Kier alpha value is -5.18. The maximum atomic E-state index is 13.2. The zero-order valence-electron chi connectivity index (χ0n) is 26.8. The zero-order chi connectivity index (χ0) is 33.9. The molecular weight excluding hydrogens is 647 g/mol. The Morgan fingerprint density at radius 3 is 1.35 bits per heavy atom. The molecule has 0 fully saturated rings. The van der Waals surface area contributed by atoms with Crippen LogP contribution in [0.5, 0.6) is 0 Å². The number of fused-ring (bicyclic) bond motifs is 2. The third-order valence-electron chi connectivity index (χ3n) is 7.83. The van der Waals surface area contributed by atoms with Crippen molar-refractivity contribution >= 4 is 79.8 Å². The lowest BCUT2D eigenvalue weighted by molar-refractivity contribution is -0.116. The van der Waals surface area contributed by atoms with Crippen LogP contribution in [0.3, 0.4) is 0 Å². The molecule has 48 heavy (non-hydrogen) atoms. The van der Waals surface area contributed by atoms with E-state index in [1.54, 1.807) is 62.4 Å². The van der Waals surface area contributed by atoms with Crippen molar-refractivity contribution in [2.45, 2.75) is 40.5 Å². The van der Waals surface area contributed by atoms with Gasteiger partial charge in [-0.1, -0.05) is 47.5 Å². The number of carbonyl (C=O) groups is 2. The lowest BCUT2D eigenvalue weighted by atomic mass is 10.0. The van der Waals surface area contributed by atoms with Gasteiger partial charge in [0, 0.05) is 43.3 Å². The number of nitrogens with one attached hydrogen (secondary N) is 2. The molecular formula is C38H32Cl2N4O4. The van der Waals surface area contributed by atoms with Crippen LogP contribution in [0.4, 0.5) is 11.4 Å². The summed E-state index contributed by atoms with van der Waals surface area (Å²) < 4.78 is 12.5. The fraction of sp³-hybridized carbons (Fsp3) is 0.158. The number of aryl methyl sites for hydroxylation is 2. The number of halogens is 2. The van der Waals surface area contributed by atoms with Crippen LogP contribution >= 0.6 is 23.2 Å². The number of hydrogen-bond acceptors (Lipinski definition) is 6. The molecule has 4 aromatic carbocycles. The first-order valence-electron chi connectivity index (χ1n) is 15.3. The van der Waals surface area contributed by atoms with E-state index in [0.29, 0.717) is 66.7 Å². The fourth-order valence-electron chi connectivity index (χ4n) is 5.49. The molecule has 0 aliphatic rings. The molecule has 2 heterocycles. The van der Waals surface area contributed by atoms with E-state index in [-0.39, 0.29) is 24.7 Å². The average Bonchev–Trinajstić information content (AvgIpc) is 3.59. The molecule has 0 aliphatic carbocycles. The SMILES string of the molecule is C/C(=N/N=C(\C)c1oc2cc(C)ccc2c1CC(=O)Nc1ccc(Cl)cc1)c1oc2cc(C)ccc2c1CC(=O)Nc1ccc(Cl)cc1. The van der Waals surface area contributed by atoms with Crippen LogP contribution in [-0.2, 0) is 22.4 Å². The minimum atomic E-state index is -0.214. The summed E-state index contributed by atoms with van der Waals surface area (Å²) in [6.07, 6.45) is 0.110. The van der Waals surface area contributed by atoms with Crippen LogP contribution in [0.15, 0.2) is 104 Å². The lowest BCUT2D eigenvalue weighted by Crippen LogP contribution is -2.16. The highest BCUT2D eigenvalue weighted by Crippen LogP contribution is 2.31. The zero-order valence-corrected chi connectivity index (χ0v) is 28.3. The van der Waals surface area contributed by atoms with Gasteiger partial charge in [0.15, 0.2) is 11.5 Å². The van der Waals surface area contributed by atoms with Crippen molar-refractivity contribution in [3.05, 3.63) is 129 Å². The normalized spacial score (nSPS) is 12.1. The van der Waals surface area contributed by atoms with Gasteiger partial charge in [-0.25, -0.2) is 0 Å². The van der Waals surface area contributed by atoms with E-state index < -0.39 is 0 Å². The monoisotopic (exact) mass is 678 g/mol. The largest absolute Gasteiger partial charge is 0.454 e. The van der Waals surface area contributed by atoms with Gasteiger partial charge >= 0.3 is 0 Å². The van der Waals surface area contributed by atoms with Gasteiger partial charge in [0.05, 0.1) is 12.8 Å². The van der Waals surface area contributed by atoms with Gasteiger partial charge in [-0.05, 0) is 99.5 Å². The molecule has 242 valence electrons. The van der Waals surface area contributed by atoms with Gasteiger partial charge in [0.2, 0.25) is 11.8 Å². The summed E-state index contributed by atoms with van der Waals surface area (Å²) in [6, 6.07) is 25.6. The maximum Gasteiger partial charge on any atom is 0.228 e. The van der Waals surface area contributed by atoms with E-state index in [4.69, 9.17) is 32.0 Å². The van der Waals surface area contributed by atoms with Crippen molar-refractivity contribution in [1.82, 2.24) is 0 Å². The molecule has 2 N–H and O–H groups in total. The highest BCUT2D eigenvalue weighted by Gasteiger charge is 2.22. The fourth-order valence-corrected chi connectivity index (χ4v) is 5.74. The second-order valence-corrected chi connectivity index (χ2v) is 12.5. The lowest BCUT2D eigenvalue weighted by Gasteiger charge is -2.07. The second kappa shape index (κ2) is 13.9. The summed E-state index contributed by atoms with van der Waals surface area (Å²) >= 11 is 12.0. The number of furan rings is 2. The van der Waals surface area contributed by atoms with Gasteiger partial charge in [-0.2, -0.15) is 10.2 Å². The molecule has 0 spiro atoms. The minimum Gasteiger partial charge on any atom is -0.454 e. The molecule has 0 saturated heterocycles. The maximum absolute atomic E-state index is 13.2. The predicted molar refractivity (Wildman–Crippen MR) is 194 cm³/mol. The van der Waals surface area contributed by atoms with Crippen molar-refractivity contribution in [2.24, 2.45) is 10.2 Å². The summed E-state index contributed by atoms with van der Waals surface area (Å²) in [7, 11) is 0. The summed E-state index contributed by atoms with van der Waals surface area (Å²) in [6.45, 7) is 7.52. The third kappa shape index (κ3) is 7.35. The molecule has 0 saturated carbocycles. The van der Waals surface area contributed by atoms with E-state index in [1.807, 2.05) is 50.2 Å². The number of rotatable bonds is 9. The van der Waals surface area contributed by atoms with Crippen molar-refractivity contribution < 1.29 is 18.4 Å². The highest BCUT2D eigenvalue weighted by atomic mass is 35.5. The van der Waals surface area contributed by atoms with E-state index in [2.05, 4.69) is 20.8 Å². The third-order valence-corrected chi connectivity index (χ3v) is 8.34. The van der Waals surface area contributed by atoms with E-state index >= 15 is 0 Å². The molecule has 6 rings (SSSR count). The number of amides is 2. The molecule has 8 nitrogen and oxygen atoms in total. The summed E-state index contributed by atoms with van der Waals surface area (Å²) in [5.74, 6) is 0.490. The first-order valence-corrected chi connectivity index (χ1v) is 16.0. The Kier molecular flexibility index (Phi) is 9.48. The van der Waals surface area contributed by atoms with Crippen LogP contribution in [0.25, 0.3) is 21.9 Å². The van der Waals surface area contributed by atoms with Crippen LogP contribution in [0, 0.1) is 13.8 Å². The van der Waals surface area contributed by atoms with E-state index in [1.165, 1.54) is 0 Å². The quantitative estimate of drug-likeness (QED) is 0.117. The van der Waals surface area contributed by atoms with Crippen molar-refractivity contribution in [2.75, 3.05) is 10.6 Å². The molecule has 0 bridgehead atoms. The molecule has 2 amide bonds. The molecule has 0 unspecified atom stereocenters. The number of carbonyl (C=O) groups excluding carboxylic acids is 2. The topological polar surface area (TPSA) is 109 Å². The van der Waals surface area contributed by atoms with Gasteiger partial charge in [-0.3, -0.25) is 9.59 Å². The molecule has 6 aromatic rings. The molecule has 2 aromatic heterocycles. The highest BCUT2D eigenvalue weighted by molar-refractivity contribution is 6.31. The van der Waals surface area contributed by atoms with Crippen LogP contribution < -0.4 is 10.6 Å². The van der Waals surface area contributed by atoms with Gasteiger partial charge in [0.1, 0.15) is 22.6 Å². The van der Waals surface area contributed by atoms with E-state index in [9.17, 15) is 9.59 Å². The van der Waals surface area contributed by atoms with Crippen molar-refractivity contribution in [1.29, 1.82) is 0 Å². The van der Waals surface area contributed by atoms with Crippen LogP contribution in [0.1, 0.15) is 47.6 Å². The number of anilines is 2. The second-order valence-electron chi connectivity index (χ2n) is 11.7. The first kappa shape index (κ1) is 32.7. The number of nitrogens with zero attached hydrogens (tertiary/aromatic N) is 2. The minimum absolute atomic E-state index is 0.0549. The summed E-state index contributed by atoms with van der Waals surface area (Å²) in [5.41, 5.74) is 6.98. The van der Waals surface area contributed by atoms with Crippen LogP contribution in [-0.4, -0.2) is 23.2 Å². The Morgan fingerprint density at radius 2 is 0.979 bits per heavy atom. The smallest absolute Gasteiger partial charge is 0.228 e. The van der Waals surface area contributed by atoms with Gasteiger partial charge in [-0.15, -0.1) is 0 Å². The molecule has 0 radical (unpaired) electrons.